The number of hydrogen-bond donors (Lipinski definition) is 2. The first-order valence-electron chi connectivity index (χ1n) is 11.1. The highest BCUT2D eigenvalue weighted by Gasteiger charge is 2.18. The molecule has 5 aromatic rings. The SMILES string of the molecule is Cc1cccn2c(=O)c3cc(C(=O)NCc4ccc(F)cc4)c(=N)n(Cc4ccccc4)c3nc12. The summed E-state index contributed by atoms with van der Waals surface area (Å²) in [5.74, 6) is -0.864. The van der Waals surface area contributed by atoms with Gasteiger partial charge in [-0.15, -0.1) is 0 Å². The number of amides is 1. The number of nitrogens with zero attached hydrogens (tertiary/aromatic N) is 3. The van der Waals surface area contributed by atoms with E-state index in [1.165, 1.54) is 22.6 Å². The molecule has 0 saturated carbocycles. The molecule has 0 radical (unpaired) electrons. The fourth-order valence-corrected chi connectivity index (χ4v) is 4.07. The third-order valence-corrected chi connectivity index (χ3v) is 5.93. The van der Waals surface area contributed by atoms with Crippen molar-refractivity contribution in [2.24, 2.45) is 0 Å². The Hall–Kier alpha value is -4.59. The molecule has 8 heteroatoms. The highest BCUT2D eigenvalue weighted by atomic mass is 19.1. The maximum atomic E-state index is 13.4. The van der Waals surface area contributed by atoms with Gasteiger partial charge in [0.15, 0.2) is 0 Å². The molecular formula is C27H22FN5O2. The molecule has 0 aliphatic heterocycles. The predicted octanol–water partition coefficient (Wildman–Crippen LogP) is 3.55. The van der Waals surface area contributed by atoms with Gasteiger partial charge in [-0.05, 0) is 47.9 Å². The number of fused-ring (bicyclic) bond motifs is 2. The van der Waals surface area contributed by atoms with Crippen molar-refractivity contribution in [3.8, 4) is 0 Å². The fraction of sp³-hybridized carbons (Fsp3) is 0.111. The van der Waals surface area contributed by atoms with Gasteiger partial charge >= 0.3 is 0 Å². The van der Waals surface area contributed by atoms with Crippen LogP contribution >= 0.6 is 0 Å². The normalized spacial score (nSPS) is 11.1. The Morgan fingerprint density at radius 2 is 1.74 bits per heavy atom. The smallest absolute Gasteiger partial charge is 0.267 e. The Balaban J connectivity index is 1.67. The van der Waals surface area contributed by atoms with Gasteiger partial charge < -0.3 is 9.88 Å². The highest BCUT2D eigenvalue weighted by Crippen LogP contribution is 2.14. The largest absolute Gasteiger partial charge is 0.348 e. The summed E-state index contributed by atoms with van der Waals surface area (Å²) in [6.45, 7) is 2.29. The lowest BCUT2D eigenvalue weighted by atomic mass is 10.1. The zero-order valence-electron chi connectivity index (χ0n) is 19.0. The minimum absolute atomic E-state index is 0.0530. The van der Waals surface area contributed by atoms with E-state index >= 15 is 0 Å². The van der Waals surface area contributed by atoms with Gasteiger partial charge in [-0.2, -0.15) is 0 Å². The summed E-state index contributed by atoms with van der Waals surface area (Å²) in [4.78, 5) is 31.3. The van der Waals surface area contributed by atoms with E-state index < -0.39 is 5.91 Å². The van der Waals surface area contributed by atoms with Gasteiger partial charge in [0.05, 0.1) is 17.5 Å². The molecule has 1 amide bonds. The van der Waals surface area contributed by atoms with Crippen LogP contribution in [0.1, 0.15) is 27.0 Å². The first-order valence-corrected chi connectivity index (χ1v) is 11.1. The lowest BCUT2D eigenvalue weighted by Crippen LogP contribution is -2.35. The summed E-state index contributed by atoms with van der Waals surface area (Å²) >= 11 is 0. The summed E-state index contributed by atoms with van der Waals surface area (Å²) in [5, 5.41) is 11.9. The van der Waals surface area contributed by atoms with E-state index in [2.05, 4.69) is 5.32 Å². The second kappa shape index (κ2) is 8.98. The molecule has 2 N–H and O–H groups in total. The second-order valence-corrected chi connectivity index (χ2v) is 8.33. The van der Waals surface area contributed by atoms with Crippen LogP contribution in [0.2, 0.25) is 0 Å². The van der Waals surface area contributed by atoms with Crippen LogP contribution in [0, 0.1) is 18.2 Å². The van der Waals surface area contributed by atoms with Crippen LogP contribution < -0.4 is 16.4 Å². The van der Waals surface area contributed by atoms with Gasteiger partial charge in [-0.3, -0.25) is 19.4 Å². The van der Waals surface area contributed by atoms with Crippen molar-refractivity contribution < 1.29 is 9.18 Å². The maximum absolute atomic E-state index is 13.4. The lowest BCUT2D eigenvalue weighted by molar-refractivity contribution is 0.0948. The van der Waals surface area contributed by atoms with Crippen molar-refractivity contribution in [2.45, 2.75) is 20.0 Å². The minimum atomic E-state index is -0.503. The van der Waals surface area contributed by atoms with Crippen molar-refractivity contribution in [3.63, 3.8) is 0 Å². The Kier molecular flexibility index (Phi) is 5.70. The first-order chi connectivity index (χ1) is 16.9. The van der Waals surface area contributed by atoms with E-state index in [0.29, 0.717) is 16.9 Å². The van der Waals surface area contributed by atoms with Crippen molar-refractivity contribution in [1.82, 2.24) is 19.3 Å². The number of aryl methyl sites for hydroxylation is 1. The summed E-state index contributed by atoms with van der Waals surface area (Å²) in [6.07, 6.45) is 1.64. The zero-order chi connectivity index (χ0) is 24.5. The quantitative estimate of drug-likeness (QED) is 0.387. The van der Waals surface area contributed by atoms with Gasteiger partial charge in [0.2, 0.25) is 0 Å². The van der Waals surface area contributed by atoms with Crippen LogP contribution in [-0.4, -0.2) is 19.9 Å². The maximum Gasteiger partial charge on any atom is 0.267 e. The molecule has 3 heterocycles. The number of carbonyl (C=O) groups excluding carboxylic acids is 1. The molecule has 0 saturated heterocycles. The van der Waals surface area contributed by atoms with E-state index in [1.807, 2.05) is 43.3 Å². The lowest BCUT2D eigenvalue weighted by Gasteiger charge is -2.15. The predicted molar refractivity (Wildman–Crippen MR) is 131 cm³/mol. The third-order valence-electron chi connectivity index (χ3n) is 5.93. The first kappa shape index (κ1) is 22.2. The van der Waals surface area contributed by atoms with E-state index in [4.69, 9.17) is 10.4 Å². The van der Waals surface area contributed by atoms with Crippen molar-refractivity contribution in [1.29, 1.82) is 5.41 Å². The van der Waals surface area contributed by atoms with Gasteiger partial charge in [0, 0.05) is 12.7 Å². The number of aromatic nitrogens is 3. The number of benzene rings is 2. The number of carbonyl (C=O) groups is 1. The number of pyridine rings is 2. The Bertz CT molecular complexity index is 1690. The summed E-state index contributed by atoms with van der Waals surface area (Å²) in [7, 11) is 0. The van der Waals surface area contributed by atoms with Crippen molar-refractivity contribution in [2.75, 3.05) is 0 Å². The number of rotatable bonds is 5. The van der Waals surface area contributed by atoms with Gasteiger partial charge in [-0.1, -0.05) is 48.5 Å². The molecule has 0 unspecified atom stereocenters. The van der Waals surface area contributed by atoms with Crippen LogP contribution in [-0.2, 0) is 13.1 Å². The molecule has 0 atom stereocenters. The number of nitrogens with one attached hydrogen (secondary N) is 2. The van der Waals surface area contributed by atoms with E-state index in [9.17, 15) is 14.0 Å². The van der Waals surface area contributed by atoms with Crippen molar-refractivity contribution in [3.05, 3.63) is 123 Å². The fourth-order valence-electron chi connectivity index (χ4n) is 4.07. The Labute approximate surface area is 199 Å². The summed E-state index contributed by atoms with van der Waals surface area (Å²) in [5.41, 5.74) is 2.97. The summed E-state index contributed by atoms with van der Waals surface area (Å²) < 4.78 is 16.2. The van der Waals surface area contributed by atoms with Crippen LogP contribution in [0.4, 0.5) is 4.39 Å². The molecule has 2 aromatic carbocycles. The monoisotopic (exact) mass is 467 g/mol. The highest BCUT2D eigenvalue weighted by molar-refractivity contribution is 5.96. The molecule has 35 heavy (non-hydrogen) atoms. The molecule has 0 spiro atoms. The standard InChI is InChI=1S/C27H22FN5O2/c1-17-6-5-13-32-24(17)31-25-22(27(32)35)14-21(23(29)33(25)16-19-7-3-2-4-8-19)26(34)30-15-18-9-11-20(28)12-10-18/h2-14,29H,15-16H2,1H3,(H,30,34). The van der Waals surface area contributed by atoms with Gasteiger partial charge in [0.1, 0.15) is 22.6 Å². The van der Waals surface area contributed by atoms with Crippen molar-refractivity contribution >= 4 is 22.6 Å². The topological polar surface area (TPSA) is 92.3 Å². The molecule has 0 fully saturated rings. The molecule has 0 bridgehead atoms. The van der Waals surface area contributed by atoms with Gasteiger partial charge in [0.25, 0.3) is 11.5 Å². The van der Waals surface area contributed by atoms with E-state index in [1.54, 1.807) is 29.0 Å². The minimum Gasteiger partial charge on any atom is -0.348 e. The van der Waals surface area contributed by atoms with Crippen LogP contribution in [0.15, 0.2) is 83.8 Å². The van der Waals surface area contributed by atoms with Gasteiger partial charge in [-0.25, -0.2) is 9.37 Å². The molecule has 174 valence electrons. The Morgan fingerprint density at radius 1 is 1.00 bits per heavy atom. The molecule has 3 aromatic heterocycles. The average molecular weight is 468 g/mol. The number of hydrogen-bond acceptors (Lipinski definition) is 4. The molecule has 7 nitrogen and oxygen atoms in total. The van der Waals surface area contributed by atoms with E-state index in [-0.39, 0.29) is 40.9 Å². The number of halogens is 1. The van der Waals surface area contributed by atoms with Crippen LogP contribution in [0.5, 0.6) is 0 Å². The second-order valence-electron chi connectivity index (χ2n) is 8.33. The molecule has 5 rings (SSSR count). The zero-order valence-corrected chi connectivity index (χ0v) is 19.0. The van der Waals surface area contributed by atoms with Crippen LogP contribution in [0.25, 0.3) is 16.7 Å². The average Bonchev–Trinajstić information content (AvgIpc) is 2.86. The molecule has 0 aliphatic carbocycles. The van der Waals surface area contributed by atoms with Crippen LogP contribution in [0.3, 0.4) is 0 Å². The Morgan fingerprint density at radius 3 is 2.49 bits per heavy atom. The molecule has 0 aliphatic rings. The summed E-state index contributed by atoms with van der Waals surface area (Å²) in [6, 6.07) is 20.4. The molecular weight excluding hydrogens is 445 g/mol. The third kappa shape index (κ3) is 4.21. The van der Waals surface area contributed by atoms with E-state index in [0.717, 1.165) is 11.1 Å².